The molecule has 2 N–H and O–H groups in total. The number of quaternary nitrogens is 1. The Hall–Kier alpha value is -1.50. The van der Waals surface area contributed by atoms with E-state index in [-0.39, 0.29) is 6.54 Å². The molecule has 0 radical (unpaired) electrons. The van der Waals surface area contributed by atoms with Crippen LogP contribution in [0.15, 0.2) is 0 Å². The fourth-order valence-electron chi connectivity index (χ4n) is 1.11. The molecule has 6 nitrogen and oxygen atoms in total. The van der Waals surface area contributed by atoms with Crippen LogP contribution in [0.4, 0.5) is 0 Å². The third-order valence-electron chi connectivity index (χ3n) is 1.72. The maximum Gasteiger partial charge on any atom is 0.359 e. The van der Waals surface area contributed by atoms with Crippen molar-refractivity contribution in [2.45, 2.75) is 6.42 Å². The molecule has 0 saturated heterocycles. The Kier molecular flexibility index (Phi) is 7.32. The Morgan fingerprint density at radius 1 is 1.53 bits per heavy atom. The molecule has 0 fully saturated rings. The summed E-state index contributed by atoms with van der Waals surface area (Å²) in [6, 6.07) is 0. The van der Waals surface area contributed by atoms with Crippen LogP contribution in [0.25, 0.3) is 0 Å². The van der Waals surface area contributed by atoms with Crippen LogP contribution >= 0.6 is 0 Å². The van der Waals surface area contributed by atoms with Crippen molar-refractivity contribution in [1.82, 2.24) is 4.72 Å². The zero-order chi connectivity index (χ0) is 11.2. The van der Waals surface area contributed by atoms with Crippen LogP contribution in [0.5, 0.6) is 0 Å². The number of hydrogen-bond acceptors (Lipinski definition) is 3. The van der Waals surface area contributed by atoms with E-state index >= 15 is 0 Å². The second-order valence-electron chi connectivity index (χ2n) is 3.69. The van der Waals surface area contributed by atoms with Gasteiger partial charge in [0, 0.05) is 24.2 Å². The van der Waals surface area contributed by atoms with Crippen LogP contribution in [-0.4, -0.2) is 58.1 Å². The van der Waals surface area contributed by atoms with Gasteiger partial charge in [-0.1, -0.05) is 0 Å². The first-order valence-electron chi connectivity index (χ1n) is 4.20. The molecule has 1 atom stereocenters. The quantitative estimate of drug-likeness (QED) is 0.270. The monoisotopic (exact) mass is 491 g/mol. The molecule has 0 saturated carbocycles. The largest absolute Gasteiger partial charge is 0.760 e. The summed E-state index contributed by atoms with van der Waals surface area (Å²) in [5.41, 5.74) is 0. The second kappa shape index (κ2) is 6.88. The van der Waals surface area contributed by atoms with Gasteiger partial charge in [0.05, 0.1) is 20.6 Å². The summed E-state index contributed by atoms with van der Waals surface area (Å²) in [6.07, 6.45) is 0.619. The molecule has 8 heteroatoms. The van der Waals surface area contributed by atoms with E-state index in [1.165, 1.54) is 0 Å². The van der Waals surface area contributed by atoms with Gasteiger partial charge < -0.3 is 14.1 Å². The zero-order valence-corrected chi connectivity index (χ0v) is 16.3. The van der Waals surface area contributed by atoms with E-state index in [9.17, 15) is 13.6 Å². The van der Waals surface area contributed by atoms with Crippen molar-refractivity contribution in [1.29, 1.82) is 0 Å². The minimum atomic E-state index is -2.23. The molecule has 0 amide bonds. The van der Waals surface area contributed by atoms with Crippen molar-refractivity contribution in [3.8, 4) is 0 Å². The summed E-state index contributed by atoms with van der Waals surface area (Å²) in [7, 11) is 3.59. The summed E-state index contributed by atoms with van der Waals surface area (Å²) in [4.78, 5) is 10.4. The van der Waals surface area contributed by atoms with E-state index in [4.69, 9.17) is 5.11 Å². The third-order valence-corrected chi connectivity index (χ3v) is 2.16. The molecule has 0 heterocycles. The summed E-state index contributed by atoms with van der Waals surface area (Å²) < 4.78 is 22.8. The molecule has 0 aliphatic carbocycles. The van der Waals surface area contributed by atoms with Crippen molar-refractivity contribution in [2.24, 2.45) is 0 Å². The third kappa shape index (κ3) is 10.4. The number of carboxylic acid groups (broad SMARTS) is 1. The minimum Gasteiger partial charge on any atom is -0.760 e. The molecule has 0 aliphatic heterocycles. The van der Waals surface area contributed by atoms with E-state index in [0.717, 1.165) is 0 Å². The summed E-state index contributed by atoms with van der Waals surface area (Å²) in [5, 5.41) is 8.56. The second-order valence-corrected chi connectivity index (χ2v) is 4.45. The summed E-state index contributed by atoms with van der Waals surface area (Å²) in [5.74, 6) is -0.852. The van der Waals surface area contributed by atoms with Gasteiger partial charge in [-0.2, -0.15) is 0 Å². The number of nitrogens with one attached hydrogen (secondary N) is 1. The molecule has 15 heavy (non-hydrogen) atoms. The van der Waals surface area contributed by atoms with Crippen LogP contribution in [-0.2, 0) is 16.1 Å². The van der Waals surface area contributed by atoms with Crippen LogP contribution in [0, 0.1) is 0 Å². The predicted octanol–water partition coefficient (Wildman–Crippen LogP) is -1.08. The molecule has 1 unspecified atom stereocenters. The van der Waals surface area contributed by atoms with Crippen molar-refractivity contribution >= 4 is 17.2 Å². The molecule has 0 aromatic rings. The molecule has 0 bridgehead atoms. The molecular weight excluding hydrogens is 475 g/mol. The maximum absolute atomic E-state index is 10.4. The normalized spacial score (nSPS) is 13.0. The maximum atomic E-state index is 10.4. The number of nitrogens with zero attached hydrogens (tertiary/aromatic N) is 1. The fourth-order valence-corrected chi connectivity index (χ4v) is 1.42. The fraction of sp³-hybridized carbons (Fsp3) is 0.857. The van der Waals surface area contributed by atoms with Crippen molar-refractivity contribution in [2.75, 3.05) is 33.7 Å². The van der Waals surface area contributed by atoms with Gasteiger partial charge in [0.25, 0.3) is 0 Å². The van der Waals surface area contributed by atoms with Crippen LogP contribution in [0.2, 0.25) is 0 Å². The smallest absolute Gasteiger partial charge is 0.359 e. The van der Waals surface area contributed by atoms with Gasteiger partial charge in [-0.05, 0) is 0 Å². The van der Waals surface area contributed by atoms with E-state index in [0.29, 0.717) is 24.0 Å². The number of rotatable bonds is 7. The first-order valence-corrected chi connectivity index (χ1v) is 5.27. The Morgan fingerprint density at radius 3 is 2.47 bits per heavy atom. The standard InChI is InChI=1S/C7H16N2O4S.Rf/c1-9(2,6-7(10)11)5-3-4-8-14(12)13;/h8H,3-6H2,1-2H3,(H-,10,11,12,13);. The number of carboxylic acids is 1. The summed E-state index contributed by atoms with van der Waals surface area (Å²) in [6.45, 7) is 1.01. The van der Waals surface area contributed by atoms with E-state index in [1.54, 1.807) is 14.1 Å². The van der Waals surface area contributed by atoms with Gasteiger partial charge in [0.2, 0.25) is 0 Å². The number of aliphatic carboxylic acids is 1. The SMILES string of the molecule is C[N+](C)(CCCNS(=O)[O-])CC(=O)O.[Rf]. The minimum absolute atomic E-state index is 0. The molecule has 0 rings (SSSR count). The molecule has 86 valence electrons. The molecule has 0 aromatic heterocycles. The van der Waals surface area contributed by atoms with Crippen molar-refractivity contribution in [3.63, 3.8) is 0 Å². The molecule has 0 aromatic carbocycles. The average Bonchev–Trinajstić information content (AvgIpc) is 1.95. The predicted molar refractivity (Wildman–Crippen MR) is 51.0 cm³/mol. The van der Waals surface area contributed by atoms with Gasteiger partial charge in [0.15, 0.2) is 6.54 Å². The van der Waals surface area contributed by atoms with E-state index in [2.05, 4.69) is 4.72 Å². The van der Waals surface area contributed by atoms with Crippen molar-refractivity contribution in [3.05, 3.63) is 0 Å². The molecule has 0 aliphatic rings. The van der Waals surface area contributed by atoms with Gasteiger partial charge in [-0.15, -0.1) is 0 Å². The van der Waals surface area contributed by atoms with Gasteiger partial charge in [0.1, 0.15) is 0 Å². The van der Waals surface area contributed by atoms with Gasteiger partial charge in [-0.3, -0.25) is 4.21 Å². The average molecular weight is 491 g/mol. The number of likely N-dealkylation sites (N-methyl/N-ethyl adjacent to an activating group) is 1. The molecule has 0 spiro atoms. The van der Waals surface area contributed by atoms with Crippen LogP contribution in [0.3, 0.4) is 0 Å². The first-order chi connectivity index (χ1) is 6.33. The summed E-state index contributed by atoms with van der Waals surface area (Å²) >= 11 is -2.23. The van der Waals surface area contributed by atoms with Crippen LogP contribution < -0.4 is 4.72 Å². The van der Waals surface area contributed by atoms with Crippen molar-refractivity contribution < 1.29 is 23.1 Å². The number of hydrogen-bond donors (Lipinski definition) is 2. The van der Waals surface area contributed by atoms with E-state index < -0.39 is 17.2 Å². The van der Waals surface area contributed by atoms with Crippen LogP contribution in [0.1, 0.15) is 6.42 Å². The molecular formula is C7H16N2O4RfS. The van der Waals surface area contributed by atoms with Gasteiger partial charge in [-0.25, -0.2) is 9.52 Å². The number of carbonyl (C=O) groups is 1. The Labute approximate surface area is 85.9 Å². The Balaban J connectivity index is 0. The van der Waals surface area contributed by atoms with E-state index in [1.807, 2.05) is 0 Å². The Morgan fingerprint density at radius 2 is 2.07 bits per heavy atom. The topological polar surface area (TPSA) is 89.5 Å². The zero-order valence-electron chi connectivity index (χ0n) is 9.06. The van der Waals surface area contributed by atoms with Gasteiger partial charge >= 0.3 is 5.97 Å². The Bertz CT molecular complexity index is 225. The first kappa shape index (κ1) is 15.9.